The minimum atomic E-state index is -0.912. The van der Waals surface area contributed by atoms with Crippen LogP contribution in [0, 0.1) is 5.92 Å². The fourth-order valence-electron chi connectivity index (χ4n) is 1.79. The Balaban J connectivity index is 2.03. The second-order valence-electron chi connectivity index (χ2n) is 4.12. The first-order valence-electron chi connectivity index (χ1n) is 5.74. The molecule has 1 aromatic rings. The number of anilines is 1. The number of aliphatic carboxylic acids is 1. The number of carboxylic acids is 1. The number of nitrogens with zero attached hydrogens (tertiary/aromatic N) is 2. The first-order chi connectivity index (χ1) is 9.11. The molecule has 1 aliphatic rings. The molecule has 0 saturated carbocycles. The third-order valence-corrected chi connectivity index (χ3v) is 2.86. The summed E-state index contributed by atoms with van der Waals surface area (Å²) in [7, 11) is 1.50. The predicted octanol–water partition coefficient (Wildman–Crippen LogP) is -0.652. The Hall–Kier alpha value is -2.22. The molecule has 1 saturated heterocycles. The number of hydrogen-bond acceptors (Lipinski definition) is 6. The smallest absolute Gasteiger partial charge is 0.311 e. The van der Waals surface area contributed by atoms with Gasteiger partial charge in [0.25, 0.3) is 5.91 Å². The van der Waals surface area contributed by atoms with Crippen LogP contribution < -0.4 is 10.6 Å². The lowest BCUT2D eigenvalue weighted by Crippen LogP contribution is -2.33. The van der Waals surface area contributed by atoms with Gasteiger partial charge >= 0.3 is 5.97 Å². The normalized spacial score (nSPS) is 21.9. The summed E-state index contributed by atoms with van der Waals surface area (Å²) in [5.41, 5.74) is 0.200. The minimum Gasteiger partial charge on any atom is -0.481 e. The van der Waals surface area contributed by atoms with Crippen LogP contribution in [-0.2, 0) is 9.53 Å². The van der Waals surface area contributed by atoms with Crippen LogP contribution in [0.3, 0.4) is 0 Å². The van der Waals surface area contributed by atoms with Crippen LogP contribution >= 0.6 is 0 Å². The van der Waals surface area contributed by atoms with Gasteiger partial charge in [0.2, 0.25) is 0 Å². The molecule has 0 spiro atoms. The summed E-state index contributed by atoms with van der Waals surface area (Å²) in [5, 5.41) is 22.0. The van der Waals surface area contributed by atoms with Crippen LogP contribution in [0.2, 0.25) is 0 Å². The SMILES string of the molecule is CNC(=O)c1ccc(NC2COCC2C(=O)O)nn1. The highest BCUT2D eigenvalue weighted by Gasteiger charge is 2.34. The quantitative estimate of drug-likeness (QED) is 0.663. The number of aromatic nitrogens is 2. The monoisotopic (exact) mass is 266 g/mol. The van der Waals surface area contributed by atoms with Gasteiger partial charge < -0.3 is 20.5 Å². The van der Waals surface area contributed by atoms with Crippen molar-refractivity contribution in [3.05, 3.63) is 17.8 Å². The standard InChI is InChI=1S/C11H14N4O4/c1-12-10(16)7-2-3-9(15-14-7)13-8-5-19-4-6(8)11(17)18/h2-3,6,8H,4-5H2,1H3,(H,12,16)(H,13,15)(H,17,18). The number of carbonyl (C=O) groups excluding carboxylic acids is 1. The average Bonchev–Trinajstić information content (AvgIpc) is 2.87. The largest absolute Gasteiger partial charge is 0.481 e. The molecule has 0 aliphatic carbocycles. The van der Waals surface area contributed by atoms with Crippen molar-refractivity contribution < 1.29 is 19.4 Å². The molecule has 0 bridgehead atoms. The van der Waals surface area contributed by atoms with E-state index in [0.29, 0.717) is 12.4 Å². The summed E-state index contributed by atoms with van der Waals surface area (Å²) in [5.74, 6) is -1.44. The maximum Gasteiger partial charge on any atom is 0.311 e. The highest BCUT2D eigenvalue weighted by Crippen LogP contribution is 2.17. The number of nitrogens with one attached hydrogen (secondary N) is 2. The summed E-state index contributed by atoms with van der Waals surface area (Å²) >= 11 is 0. The van der Waals surface area contributed by atoms with E-state index in [-0.39, 0.29) is 24.2 Å². The van der Waals surface area contributed by atoms with Crippen LogP contribution in [0.25, 0.3) is 0 Å². The molecular formula is C11H14N4O4. The van der Waals surface area contributed by atoms with Gasteiger partial charge in [-0.05, 0) is 12.1 Å². The van der Waals surface area contributed by atoms with Gasteiger partial charge in [0.15, 0.2) is 5.69 Å². The van der Waals surface area contributed by atoms with E-state index >= 15 is 0 Å². The van der Waals surface area contributed by atoms with Crippen LogP contribution in [0.15, 0.2) is 12.1 Å². The van der Waals surface area contributed by atoms with Gasteiger partial charge in [-0.3, -0.25) is 9.59 Å². The van der Waals surface area contributed by atoms with E-state index in [1.54, 1.807) is 6.07 Å². The molecule has 0 radical (unpaired) electrons. The fourth-order valence-corrected chi connectivity index (χ4v) is 1.79. The Labute approximate surface area is 109 Å². The third kappa shape index (κ3) is 2.97. The molecule has 2 unspecified atom stereocenters. The van der Waals surface area contributed by atoms with Crippen molar-refractivity contribution in [2.75, 3.05) is 25.6 Å². The van der Waals surface area contributed by atoms with Gasteiger partial charge in [0, 0.05) is 7.05 Å². The summed E-state index contributed by atoms with van der Waals surface area (Å²) in [6.07, 6.45) is 0. The number of amides is 1. The molecule has 2 rings (SSSR count). The van der Waals surface area contributed by atoms with Gasteiger partial charge in [-0.2, -0.15) is 0 Å². The highest BCUT2D eigenvalue weighted by molar-refractivity contribution is 5.91. The van der Waals surface area contributed by atoms with Crippen molar-refractivity contribution in [2.45, 2.75) is 6.04 Å². The van der Waals surface area contributed by atoms with Gasteiger partial charge in [0.05, 0.1) is 19.3 Å². The first-order valence-corrected chi connectivity index (χ1v) is 5.74. The van der Waals surface area contributed by atoms with E-state index in [9.17, 15) is 9.59 Å². The zero-order valence-electron chi connectivity index (χ0n) is 10.3. The zero-order chi connectivity index (χ0) is 13.8. The molecule has 2 heterocycles. The molecule has 1 aliphatic heterocycles. The summed E-state index contributed by atoms with van der Waals surface area (Å²) in [6.45, 7) is 0.479. The van der Waals surface area contributed by atoms with E-state index in [0.717, 1.165) is 0 Å². The maximum absolute atomic E-state index is 11.3. The number of carbonyl (C=O) groups is 2. The minimum absolute atomic E-state index is 0.177. The molecule has 3 N–H and O–H groups in total. The van der Waals surface area contributed by atoms with Gasteiger partial charge in [0.1, 0.15) is 11.7 Å². The summed E-state index contributed by atoms with van der Waals surface area (Å²) in [4.78, 5) is 22.3. The third-order valence-electron chi connectivity index (χ3n) is 2.86. The van der Waals surface area contributed by atoms with Crippen molar-refractivity contribution in [3.63, 3.8) is 0 Å². The molecule has 102 valence electrons. The lowest BCUT2D eigenvalue weighted by atomic mass is 10.0. The van der Waals surface area contributed by atoms with E-state index < -0.39 is 11.9 Å². The Morgan fingerprint density at radius 2 is 2.16 bits per heavy atom. The Bertz CT molecular complexity index is 476. The zero-order valence-corrected chi connectivity index (χ0v) is 10.3. The van der Waals surface area contributed by atoms with Gasteiger partial charge in [-0.15, -0.1) is 10.2 Å². The maximum atomic E-state index is 11.3. The highest BCUT2D eigenvalue weighted by atomic mass is 16.5. The molecule has 8 heteroatoms. The molecule has 1 amide bonds. The molecule has 0 aromatic carbocycles. The Morgan fingerprint density at radius 3 is 2.74 bits per heavy atom. The summed E-state index contributed by atoms with van der Waals surface area (Å²) in [6, 6.07) is 2.74. The molecule has 1 fully saturated rings. The van der Waals surface area contributed by atoms with Gasteiger partial charge in [-0.1, -0.05) is 0 Å². The van der Waals surface area contributed by atoms with E-state index in [1.165, 1.54) is 13.1 Å². The molecule has 2 atom stereocenters. The van der Waals surface area contributed by atoms with Crippen molar-refractivity contribution in [2.24, 2.45) is 5.92 Å². The lowest BCUT2D eigenvalue weighted by Gasteiger charge is -2.15. The van der Waals surface area contributed by atoms with Crippen molar-refractivity contribution in [3.8, 4) is 0 Å². The van der Waals surface area contributed by atoms with Crippen molar-refractivity contribution in [1.29, 1.82) is 0 Å². The average molecular weight is 266 g/mol. The second kappa shape index (κ2) is 5.61. The van der Waals surface area contributed by atoms with Crippen molar-refractivity contribution in [1.82, 2.24) is 15.5 Å². The Morgan fingerprint density at radius 1 is 1.37 bits per heavy atom. The lowest BCUT2D eigenvalue weighted by molar-refractivity contribution is -0.141. The van der Waals surface area contributed by atoms with Crippen LogP contribution in [0.1, 0.15) is 10.5 Å². The van der Waals surface area contributed by atoms with E-state index in [4.69, 9.17) is 9.84 Å². The van der Waals surface area contributed by atoms with E-state index in [1.807, 2.05) is 0 Å². The number of rotatable bonds is 4. The first kappa shape index (κ1) is 13.2. The number of hydrogen-bond donors (Lipinski definition) is 3. The van der Waals surface area contributed by atoms with Crippen LogP contribution in [0.5, 0.6) is 0 Å². The fraction of sp³-hybridized carbons (Fsp3) is 0.455. The molecule has 19 heavy (non-hydrogen) atoms. The Kier molecular flexibility index (Phi) is 3.91. The topological polar surface area (TPSA) is 113 Å². The molecule has 1 aromatic heterocycles. The van der Waals surface area contributed by atoms with Crippen LogP contribution in [0.4, 0.5) is 5.82 Å². The van der Waals surface area contributed by atoms with E-state index in [2.05, 4.69) is 20.8 Å². The van der Waals surface area contributed by atoms with Crippen LogP contribution in [-0.4, -0.2) is 53.5 Å². The summed E-state index contributed by atoms with van der Waals surface area (Å²) < 4.78 is 5.13. The predicted molar refractivity (Wildman–Crippen MR) is 64.8 cm³/mol. The molecular weight excluding hydrogens is 252 g/mol. The number of ether oxygens (including phenoxy) is 1. The number of carboxylic acid groups (broad SMARTS) is 1. The van der Waals surface area contributed by atoms with Crippen molar-refractivity contribution >= 4 is 17.7 Å². The van der Waals surface area contributed by atoms with Gasteiger partial charge in [-0.25, -0.2) is 0 Å². The molecule has 8 nitrogen and oxygen atoms in total. The second-order valence-corrected chi connectivity index (χ2v) is 4.12.